The van der Waals surface area contributed by atoms with Crippen LogP contribution in [-0.4, -0.2) is 18.6 Å². The molecule has 1 aromatic rings. The molecule has 0 aromatic heterocycles. The molecule has 1 rings (SSSR count). The minimum Gasteiger partial charge on any atom is -0.491 e. The van der Waals surface area contributed by atoms with E-state index >= 15 is 0 Å². The van der Waals surface area contributed by atoms with Crippen molar-refractivity contribution in [1.82, 2.24) is 5.32 Å². The van der Waals surface area contributed by atoms with E-state index in [0.29, 0.717) is 24.5 Å². The summed E-state index contributed by atoms with van der Waals surface area (Å²) < 4.78 is 5.41. The number of carbonyl (C=O) groups excluding carboxylic acids is 1. The topological polar surface area (TPSA) is 64.3 Å². The number of ether oxygens (including phenoxy) is 1. The maximum Gasteiger partial charge on any atom is 0.223 e. The van der Waals surface area contributed by atoms with Crippen molar-refractivity contribution in [3.8, 4) is 5.75 Å². The summed E-state index contributed by atoms with van der Waals surface area (Å²) >= 11 is 0. The molecule has 1 aromatic carbocycles. The maximum atomic E-state index is 11.4. The van der Waals surface area contributed by atoms with Crippen LogP contribution in [0.15, 0.2) is 36.9 Å². The highest BCUT2D eigenvalue weighted by Crippen LogP contribution is 2.19. The highest BCUT2D eigenvalue weighted by Gasteiger charge is 2.05. The third kappa shape index (κ3) is 4.59. The molecule has 0 spiro atoms. The van der Waals surface area contributed by atoms with Gasteiger partial charge in [-0.05, 0) is 19.1 Å². The second kappa shape index (κ2) is 6.58. The smallest absolute Gasteiger partial charge is 0.223 e. The zero-order valence-electron chi connectivity index (χ0n) is 9.98. The van der Waals surface area contributed by atoms with Crippen molar-refractivity contribution < 1.29 is 9.53 Å². The molecule has 0 radical (unpaired) electrons. The Morgan fingerprint density at radius 2 is 2.29 bits per heavy atom. The summed E-state index contributed by atoms with van der Waals surface area (Å²) in [5.74, 6) is 0.545. The quantitative estimate of drug-likeness (QED) is 0.582. The summed E-state index contributed by atoms with van der Waals surface area (Å²) in [6.45, 7) is 5.76. The first kappa shape index (κ1) is 13.1. The van der Waals surface area contributed by atoms with Gasteiger partial charge in [-0.15, -0.1) is 6.58 Å². The molecule has 92 valence electrons. The summed E-state index contributed by atoms with van der Waals surface area (Å²) in [7, 11) is 0. The highest BCUT2D eigenvalue weighted by molar-refractivity contribution is 5.76. The molecule has 17 heavy (non-hydrogen) atoms. The molecule has 0 aliphatic carbocycles. The van der Waals surface area contributed by atoms with Gasteiger partial charge < -0.3 is 15.8 Å². The predicted molar refractivity (Wildman–Crippen MR) is 68.8 cm³/mol. The number of nitrogens with two attached hydrogens (primary N) is 1. The first-order valence-corrected chi connectivity index (χ1v) is 5.52. The molecular formula is C13H18N2O2. The Bertz CT molecular complexity index is 391. The van der Waals surface area contributed by atoms with Crippen LogP contribution < -0.4 is 15.8 Å². The van der Waals surface area contributed by atoms with Crippen LogP contribution in [0.1, 0.15) is 13.3 Å². The van der Waals surface area contributed by atoms with Crippen molar-refractivity contribution >= 4 is 11.6 Å². The Kier molecular flexibility index (Phi) is 5.07. The minimum atomic E-state index is -0.0631. The largest absolute Gasteiger partial charge is 0.491 e. The van der Waals surface area contributed by atoms with Crippen molar-refractivity contribution in [2.24, 2.45) is 0 Å². The zero-order valence-corrected chi connectivity index (χ0v) is 9.98. The van der Waals surface area contributed by atoms with Gasteiger partial charge in [0.15, 0.2) is 0 Å². The number of benzene rings is 1. The van der Waals surface area contributed by atoms with E-state index < -0.39 is 0 Å². The number of para-hydroxylation sites is 2. The van der Waals surface area contributed by atoms with Gasteiger partial charge in [-0.1, -0.05) is 18.2 Å². The van der Waals surface area contributed by atoms with Gasteiger partial charge in [-0.3, -0.25) is 4.79 Å². The lowest BCUT2D eigenvalue weighted by atomic mass is 10.3. The van der Waals surface area contributed by atoms with Gasteiger partial charge in [0.05, 0.1) is 18.7 Å². The molecule has 1 unspecified atom stereocenters. The molecular weight excluding hydrogens is 216 g/mol. The molecule has 4 heteroatoms. The lowest BCUT2D eigenvalue weighted by Gasteiger charge is -2.10. The molecule has 0 bridgehead atoms. The van der Waals surface area contributed by atoms with Crippen LogP contribution in [0.4, 0.5) is 5.69 Å². The fourth-order valence-electron chi connectivity index (χ4n) is 1.25. The molecule has 4 nitrogen and oxygen atoms in total. The number of hydrogen-bond donors (Lipinski definition) is 2. The molecule has 0 fully saturated rings. The van der Waals surface area contributed by atoms with Crippen molar-refractivity contribution in [2.45, 2.75) is 19.4 Å². The monoisotopic (exact) mass is 234 g/mol. The number of nitrogen functional groups attached to an aromatic ring is 1. The van der Waals surface area contributed by atoms with Crippen LogP contribution in [0.5, 0.6) is 5.75 Å². The van der Waals surface area contributed by atoms with Gasteiger partial charge in [0, 0.05) is 6.04 Å². The number of nitrogens with one attached hydrogen (secondary N) is 1. The first-order valence-electron chi connectivity index (χ1n) is 5.52. The van der Waals surface area contributed by atoms with Gasteiger partial charge in [0.25, 0.3) is 0 Å². The minimum absolute atomic E-state index is 0.0238. The summed E-state index contributed by atoms with van der Waals surface area (Å²) in [6, 6.07) is 7.19. The van der Waals surface area contributed by atoms with Crippen LogP contribution in [0.25, 0.3) is 0 Å². The Balaban J connectivity index is 2.31. The average Bonchev–Trinajstić information content (AvgIpc) is 2.31. The summed E-state index contributed by atoms with van der Waals surface area (Å²) in [6.07, 6.45) is 1.97. The van der Waals surface area contributed by atoms with Crippen LogP contribution in [0, 0.1) is 0 Å². The van der Waals surface area contributed by atoms with Crippen LogP contribution in [-0.2, 0) is 4.79 Å². The van der Waals surface area contributed by atoms with Crippen LogP contribution in [0.2, 0.25) is 0 Å². The standard InChI is InChI=1S/C13H18N2O2/c1-3-10(2)15-13(16)8-9-17-12-7-5-4-6-11(12)14/h3-7,10H,1,8-9,14H2,2H3,(H,15,16). The predicted octanol–water partition coefficient (Wildman–Crippen LogP) is 1.73. The van der Waals surface area contributed by atoms with Gasteiger partial charge in [-0.2, -0.15) is 0 Å². The van der Waals surface area contributed by atoms with Crippen molar-refractivity contribution in [3.05, 3.63) is 36.9 Å². The van der Waals surface area contributed by atoms with Gasteiger partial charge in [0.1, 0.15) is 5.75 Å². The molecule has 0 aliphatic rings. The number of carbonyl (C=O) groups is 1. The SMILES string of the molecule is C=CC(C)NC(=O)CCOc1ccccc1N. The van der Waals surface area contributed by atoms with Crippen LogP contribution in [0.3, 0.4) is 0 Å². The summed E-state index contributed by atoms with van der Waals surface area (Å²) in [4.78, 5) is 11.4. The van der Waals surface area contributed by atoms with E-state index in [0.717, 1.165) is 0 Å². The van der Waals surface area contributed by atoms with Crippen molar-refractivity contribution in [2.75, 3.05) is 12.3 Å². The molecule has 0 aliphatic heterocycles. The number of hydrogen-bond acceptors (Lipinski definition) is 3. The molecule has 1 atom stereocenters. The number of rotatable bonds is 6. The van der Waals surface area contributed by atoms with Gasteiger partial charge in [-0.25, -0.2) is 0 Å². The Morgan fingerprint density at radius 1 is 1.59 bits per heavy atom. The average molecular weight is 234 g/mol. The molecule has 1 amide bonds. The number of amides is 1. The molecule has 0 saturated heterocycles. The van der Waals surface area contributed by atoms with Gasteiger partial charge >= 0.3 is 0 Å². The van der Waals surface area contributed by atoms with E-state index in [9.17, 15) is 4.79 Å². The van der Waals surface area contributed by atoms with E-state index in [-0.39, 0.29) is 11.9 Å². The van der Waals surface area contributed by atoms with E-state index in [2.05, 4.69) is 11.9 Å². The van der Waals surface area contributed by atoms with Crippen molar-refractivity contribution in [3.63, 3.8) is 0 Å². The van der Waals surface area contributed by atoms with Gasteiger partial charge in [0.2, 0.25) is 5.91 Å². The van der Waals surface area contributed by atoms with E-state index in [4.69, 9.17) is 10.5 Å². The highest BCUT2D eigenvalue weighted by atomic mass is 16.5. The Morgan fingerprint density at radius 3 is 2.94 bits per heavy atom. The summed E-state index contributed by atoms with van der Waals surface area (Å²) in [5.41, 5.74) is 6.28. The molecule has 3 N–H and O–H groups in total. The molecule has 0 saturated carbocycles. The second-order valence-corrected chi connectivity index (χ2v) is 3.73. The Hall–Kier alpha value is -1.97. The first-order chi connectivity index (χ1) is 8.13. The van der Waals surface area contributed by atoms with E-state index in [1.54, 1.807) is 18.2 Å². The third-order valence-corrected chi connectivity index (χ3v) is 2.25. The fourth-order valence-corrected chi connectivity index (χ4v) is 1.25. The zero-order chi connectivity index (χ0) is 12.7. The third-order valence-electron chi connectivity index (χ3n) is 2.25. The Labute approximate surface area is 101 Å². The van der Waals surface area contributed by atoms with Crippen LogP contribution >= 0.6 is 0 Å². The number of anilines is 1. The maximum absolute atomic E-state index is 11.4. The van der Waals surface area contributed by atoms with E-state index in [1.165, 1.54) is 0 Å². The second-order valence-electron chi connectivity index (χ2n) is 3.73. The normalized spacial score (nSPS) is 11.6. The summed E-state index contributed by atoms with van der Waals surface area (Å²) in [5, 5.41) is 2.76. The lowest BCUT2D eigenvalue weighted by molar-refractivity contribution is -0.121. The van der Waals surface area contributed by atoms with E-state index in [1.807, 2.05) is 19.1 Å². The van der Waals surface area contributed by atoms with Crippen molar-refractivity contribution in [1.29, 1.82) is 0 Å². The fraction of sp³-hybridized carbons (Fsp3) is 0.308. The lowest BCUT2D eigenvalue weighted by Crippen LogP contribution is -2.31. The molecule has 0 heterocycles.